The second-order valence-corrected chi connectivity index (χ2v) is 7.28. The number of aromatic nitrogens is 2. The number of fused-ring (bicyclic) bond motifs is 2. The predicted octanol–water partition coefficient (Wildman–Crippen LogP) is 2.90. The number of amides is 1. The zero-order chi connectivity index (χ0) is 21.8. The molecule has 1 N–H and O–H groups in total. The summed E-state index contributed by atoms with van der Waals surface area (Å²) >= 11 is 0. The molecule has 8 heteroatoms. The van der Waals surface area contributed by atoms with Crippen molar-refractivity contribution in [2.75, 3.05) is 13.7 Å². The Bertz CT molecular complexity index is 1220. The highest BCUT2D eigenvalue weighted by Crippen LogP contribution is 2.27. The molecular weight excluding hydrogens is 396 g/mol. The predicted molar refractivity (Wildman–Crippen MR) is 118 cm³/mol. The molecule has 1 amide bonds. The van der Waals surface area contributed by atoms with Crippen molar-refractivity contribution in [2.45, 2.75) is 32.7 Å². The summed E-state index contributed by atoms with van der Waals surface area (Å²) in [4.78, 5) is 29.6. The van der Waals surface area contributed by atoms with Gasteiger partial charge in [-0.1, -0.05) is 6.92 Å². The average molecular weight is 420 g/mol. The molecule has 0 saturated heterocycles. The van der Waals surface area contributed by atoms with Crippen LogP contribution in [0.3, 0.4) is 0 Å². The van der Waals surface area contributed by atoms with Crippen LogP contribution in [0.1, 0.15) is 41.5 Å². The van der Waals surface area contributed by atoms with Crippen molar-refractivity contribution < 1.29 is 14.3 Å². The van der Waals surface area contributed by atoms with E-state index in [2.05, 4.69) is 15.5 Å². The number of nitrogens with zero attached hydrogens (tertiary/aromatic N) is 3. The fourth-order valence-corrected chi connectivity index (χ4v) is 3.55. The third kappa shape index (κ3) is 4.28. The molecule has 0 fully saturated rings. The summed E-state index contributed by atoms with van der Waals surface area (Å²) in [5.41, 5.74) is 4.15. The maximum atomic E-state index is 12.5. The van der Waals surface area contributed by atoms with E-state index in [1.165, 1.54) is 6.21 Å². The number of hydrogen-bond acceptors (Lipinski definition) is 6. The van der Waals surface area contributed by atoms with Crippen LogP contribution in [0.15, 0.2) is 46.3 Å². The van der Waals surface area contributed by atoms with Gasteiger partial charge in [-0.25, -0.2) is 10.4 Å². The Balaban J connectivity index is 1.50. The van der Waals surface area contributed by atoms with Crippen LogP contribution in [0.4, 0.5) is 0 Å². The zero-order valence-corrected chi connectivity index (χ0v) is 17.6. The fraction of sp³-hybridized carbons (Fsp3) is 0.304. The van der Waals surface area contributed by atoms with Gasteiger partial charge < -0.3 is 9.47 Å². The first-order valence-electron chi connectivity index (χ1n) is 10.3. The van der Waals surface area contributed by atoms with Crippen molar-refractivity contribution in [3.05, 3.63) is 63.7 Å². The van der Waals surface area contributed by atoms with Gasteiger partial charge in [-0.2, -0.15) is 5.10 Å². The number of methoxy groups -OCH3 is 1. The van der Waals surface area contributed by atoms with Crippen molar-refractivity contribution in [3.63, 3.8) is 0 Å². The van der Waals surface area contributed by atoms with E-state index >= 15 is 0 Å². The second kappa shape index (κ2) is 8.99. The van der Waals surface area contributed by atoms with Crippen LogP contribution in [0, 0.1) is 0 Å². The highest BCUT2D eigenvalue weighted by atomic mass is 16.5. The van der Waals surface area contributed by atoms with Gasteiger partial charge in [0.1, 0.15) is 5.82 Å². The molecular formula is C23H24N4O4. The van der Waals surface area contributed by atoms with Gasteiger partial charge in [0.05, 0.1) is 30.8 Å². The van der Waals surface area contributed by atoms with E-state index in [1.54, 1.807) is 42.0 Å². The van der Waals surface area contributed by atoms with Crippen LogP contribution in [0.2, 0.25) is 0 Å². The number of carbonyl (C=O) groups is 1. The summed E-state index contributed by atoms with van der Waals surface area (Å²) in [5, 5.41) is 4.56. The molecule has 8 nitrogen and oxygen atoms in total. The Morgan fingerprint density at radius 3 is 2.94 bits per heavy atom. The molecule has 2 heterocycles. The van der Waals surface area contributed by atoms with Crippen LogP contribution < -0.4 is 20.5 Å². The number of hydrazone groups is 1. The number of carbonyl (C=O) groups excluding carboxylic acids is 1. The Morgan fingerprint density at radius 1 is 1.26 bits per heavy atom. The molecule has 0 spiro atoms. The van der Waals surface area contributed by atoms with Crippen LogP contribution in [0.5, 0.6) is 11.5 Å². The lowest BCUT2D eigenvalue weighted by Crippen LogP contribution is -2.22. The average Bonchev–Trinajstić information content (AvgIpc) is 3.26. The highest BCUT2D eigenvalue weighted by molar-refractivity contribution is 5.98. The minimum atomic E-state index is -0.378. The molecule has 3 aromatic rings. The Hall–Kier alpha value is -3.68. The highest BCUT2D eigenvalue weighted by Gasteiger charge is 2.17. The smallest absolute Gasteiger partial charge is 0.271 e. The quantitative estimate of drug-likeness (QED) is 0.468. The van der Waals surface area contributed by atoms with Crippen molar-refractivity contribution in [1.29, 1.82) is 0 Å². The minimum Gasteiger partial charge on any atom is -0.493 e. The van der Waals surface area contributed by atoms with E-state index in [9.17, 15) is 9.59 Å². The molecule has 1 aliphatic rings. The van der Waals surface area contributed by atoms with E-state index in [-0.39, 0.29) is 11.5 Å². The molecule has 2 aromatic carbocycles. The van der Waals surface area contributed by atoms with E-state index in [1.807, 2.05) is 13.0 Å². The lowest BCUT2D eigenvalue weighted by molar-refractivity contribution is 0.0955. The van der Waals surface area contributed by atoms with Crippen molar-refractivity contribution in [3.8, 4) is 11.5 Å². The number of ether oxygens (including phenoxy) is 2. The summed E-state index contributed by atoms with van der Waals surface area (Å²) in [6.07, 6.45) is 4.11. The van der Waals surface area contributed by atoms with Crippen LogP contribution in [0.25, 0.3) is 10.9 Å². The molecule has 0 bridgehead atoms. The molecule has 0 saturated carbocycles. The summed E-state index contributed by atoms with van der Waals surface area (Å²) in [6, 6.07) is 10.3. The number of rotatable bonds is 7. The Morgan fingerprint density at radius 2 is 2.13 bits per heavy atom. The molecule has 0 radical (unpaired) electrons. The SMILES string of the molecule is CCCOc1cc(/C=N\NC(=O)c2ccc3c(=O)n4c(nc3c2)CCC4)ccc1OC. The molecule has 31 heavy (non-hydrogen) atoms. The summed E-state index contributed by atoms with van der Waals surface area (Å²) < 4.78 is 12.7. The van der Waals surface area contributed by atoms with Gasteiger partial charge in [-0.15, -0.1) is 0 Å². The van der Waals surface area contributed by atoms with E-state index in [4.69, 9.17) is 9.47 Å². The van der Waals surface area contributed by atoms with E-state index < -0.39 is 0 Å². The summed E-state index contributed by atoms with van der Waals surface area (Å²) in [7, 11) is 1.59. The second-order valence-electron chi connectivity index (χ2n) is 7.28. The van der Waals surface area contributed by atoms with Gasteiger partial charge >= 0.3 is 0 Å². The molecule has 0 atom stereocenters. The van der Waals surface area contributed by atoms with E-state index in [0.29, 0.717) is 41.1 Å². The van der Waals surface area contributed by atoms with Crippen LogP contribution in [-0.4, -0.2) is 35.4 Å². The molecule has 0 unspecified atom stereocenters. The van der Waals surface area contributed by atoms with Crippen molar-refractivity contribution >= 4 is 23.0 Å². The first kappa shape index (κ1) is 20.6. The molecule has 1 aromatic heterocycles. The Kier molecular flexibility index (Phi) is 5.97. The number of benzene rings is 2. The Labute approximate surface area is 179 Å². The monoisotopic (exact) mass is 420 g/mol. The largest absolute Gasteiger partial charge is 0.493 e. The normalized spacial score (nSPS) is 12.8. The first-order valence-corrected chi connectivity index (χ1v) is 10.3. The zero-order valence-electron chi connectivity index (χ0n) is 17.6. The van der Waals surface area contributed by atoms with Crippen LogP contribution in [-0.2, 0) is 13.0 Å². The molecule has 0 aliphatic carbocycles. The fourth-order valence-electron chi connectivity index (χ4n) is 3.55. The van der Waals surface area contributed by atoms with Gasteiger partial charge in [0.25, 0.3) is 11.5 Å². The van der Waals surface area contributed by atoms with Gasteiger partial charge in [0, 0.05) is 18.5 Å². The molecule has 1 aliphatic heterocycles. The third-order valence-electron chi connectivity index (χ3n) is 5.11. The maximum absolute atomic E-state index is 12.5. The topological polar surface area (TPSA) is 94.8 Å². The van der Waals surface area contributed by atoms with Crippen molar-refractivity contribution in [2.24, 2.45) is 5.10 Å². The standard InChI is InChI=1S/C23H24N4O4/c1-3-11-31-20-12-15(6-9-19(20)30-2)14-24-26-22(28)16-7-8-17-18(13-16)25-21-5-4-10-27(21)23(17)29/h6-9,12-14H,3-5,10-11H2,1-2H3,(H,26,28)/b24-14-. The number of nitrogens with one attached hydrogen (secondary N) is 1. The minimum absolute atomic E-state index is 0.0527. The van der Waals surface area contributed by atoms with Gasteiger partial charge in [-0.3, -0.25) is 14.2 Å². The lowest BCUT2D eigenvalue weighted by atomic mass is 10.1. The number of aryl methyl sites for hydroxylation is 1. The third-order valence-corrected chi connectivity index (χ3v) is 5.11. The maximum Gasteiger partial charge on any atom is 0.271 e. The van der Waals surface area contributed by atoms with Gasteiger partial charge in [0.2, 0.25) is 0 Å². The molecule has 160 valence electrons. The van der Waals surface area contributed by atoms with Gasteiger partial charge in [0.15, 0.2) is 11.5 Å². The van der Waals surface area contributed by atoms with E-state index in [0.717, 1.165) is 30.7 Å². The van der Waals surface area contributed by atoms with Gasteiger partial charge in [-0.05, 0) is 54.8 Å². The first-order chi connectivity index (χ1) is 15.1. The number of hydrogen-bond donors (Lipinski definition) is 1. The lowest BCUT2D eigenvalue weighted by Gasteiger charge is -2.10. The molecule has 4 rings (SSSR count). The van der Waals surface area contributed by atoms with Crippen molar-refractivity contribution in [1.82, 2.24) is 15.0 Å². The summed E-state index contributed by atoms with van der Waals surface area (Å²) in [6.45, 7) is 3.31. The summed E-state index contributed by atoms with van der Waals surface area (Å²) in [5.74, 6) is 1.66. The van der Waals surface area contributed by atoms with Crippen LogP contribution >= 0.6 is 0 Å².